The van der Waals surface area contributed by atoms with Gasteiger partial charge in [-0.15, -0.1) is 0 Å². The molecule has 1 heterocycles. The molecule has 6 heteroatoms. The highest BCUT2D eigenvalue weighted by molar-refractivity contribution is 6.10. The predicted molar refractivity (Wildman–Crippen MR) is 164 cm³/mol. The van der Waals surface area contributed by atoms with E-state index in [4.69, 9.17) is 0 Å². The zero-order valence-electron chi connectivity index (χ0n) is 22.5. The van der Waals surface area contributed by atoms with E-state index in [0.29, 0.717) is 12.1 Å². The first-order valence-electron chi connectivity index (χ1n) is 13.5. The van der Waals surface area contributed by atoms with Crippen molar-refractivity contribution in [2.45, 2.75) is 19.5 Å². The number of aromatic nitrogens is 1. The van der Waals surface area contributed by atoms with Crippen LogP contribution in [-0.2, 0) is 6.54 Å². The summed E-state index contributed by atoms with van der Waals surface area (Å²) in [5.41, 5.74) is 5.46. The molecule has 0 saturated heterocycles. The number of benzene rings is 5. The van der Waals surface area contributed by atoms with Crippen molar-refractivity contribution in [1.29, 1.82) is 0 Å². The molecule has 0 radical (unpaired) electrons. The number of carbonyl (C=O) groups is 2. The van der Waals surface area contributed by atoms with Gasteiger partial charge in [0.2, 0.25) is 0 Å². The number of nitrogens with one attached hydrogen (secondary N) is 2. The van der Waals surface area contributed by atoms with E-state index in [0.717, 1.165) is 33.4 Å². The average molecular weight is 540 g/mol. The molecule has 202 valence electrons. The number of fused-ring (bicyclic) bond motifs is 2. The van der Waals surface area contributed by atoms with Crippen molar-refractivity contribution in [2.24, 2.45) is 0 Å². The van der Waals surface area contributed by atoms with Gasteiger partial charge in [0.05, 0.1) is 22.7 Å². The minimum atomic E-state index is -0.980. The van der Waals surface area contributed by atoms with Crippen LogP contribution in [0.3, 0.4) is 0 Å². The molecule has 0 spiro atoms. The molecule has 0 unspecified atom stereocenters. The Labute approximate surface area is 237 Å². The Hall–Kier alpha value is -5.36. The molecule has 0 saturated carbocycles. The summed E-state index contributed by atoms with van der Waals surface area (Å²) in [7, 11) is 0. The average Bonchev–Trinajstić information content (AvgIpc) is 3.41. The van der Waals surface area contributed by atoms with E-state index < -0.39 is 5.97 Å². The monoisotopic (exact) mass is 539 g/mol. The standard InChI is InChI=1S/C35H29N3O3/c1-23(25-13-15-27(16-14-25)35(40)41)36-34(39)31-17-18-32(37-29-9-3-2-4-10-29)30-19-20-38(33(30)31)22-24-11-12-26-7-5-6-8-28(26)21-24/h2-21,23,37H,22H2,1H3,(H,36,39)(H,40,41)/t23-/m0/s1. The lowest BCUT2D eigenvalue weighted by molar-refractivity contribution is 0.0696. The molecule has 6 rings (SSSR count). The van der Waals surface area contributed by atoms with Gasteiger partial charge in [-0.3, -0.25) is 4.79 Å². The summed E-state index contributed by atoms with van der Waals surface area (Å²) in [6, 6.07) is 36.8. The van der Waals surface area contributed by atoms with Crippen molar-refractivity contribution in [3.8, 4) is 0 Å². The molecule has 0 aliphatic heterocycles. The van der Waals surface area contributed by atoms with Gasteiger partial charge in [0, 0.05) is 29.5 Å². The minimum Gasteiger partial charge on any atom is -0.478 e. The third-order valence-electron chi connectivity index (χ3n) is 7.39. The highest BCUT2D eigenvalue weighted by Crippen LogP contribution is 2.32. The first kappa shape index (κ1) is 25.9. The quantitative estimate of drug-likeness (QED) is 0.184. The maximum atomic E-state index is 13.7. The summed E-state index contributed by atoms with van der Waals surface area (Å²) in [5.74, 6) is -1.18. The van der Waals surface area contributed by atoms with Crippen LogP contribution < -0.4 is 10.6 Å². The number of carboxylic acids is 1. The molecular formula is C35H29N3O3. The van der Waals surface area contributed by atoms with Crippen molar-refractivity contribution in [1.82, 2.24) is 9.88 Å². The van der Waals surface area contributed by atoms with Crippen molar-refractivity contribution in [3.63, 3.8) is 0 Å². The second-order valence-electron chi connectivity index (χ2n) is 10.2. The molecule has 0 aliphatic carbocycles. The van der Waals surface area contributed by atoms with Crippen molar-refractivity contribution in [3.05, 3.63) is 144 Å². The Kier molecular flexibility index (Phi) is 6.96. The van der Waals surface area contributed by atoms with Crippen LogP contribution in [0.25, 0.3) is 21.7 Å². The van der Waals surface area contributed by atoms with Gasteiger partial charge in [-0.25, -0.2) is 4.79 Å². The zero-order chi connectivity index (χ0) is 28.3. The van der Waals surface area contributed by atoms with E-state index in [-0.39, 0.29) is 17.5 Å². The number of nitrogens with zero attached hydrogens (tertiary/aromatic N) is 1. The molecule has 1 amide bonds. The SMILES string of the molecule is C[C@H](NC(=O)c1ccc(Nc2ccccc2)c2ccn(Cc3ccc4ccccc4c3)c12)c1ccc(C(=O)O)cc1. The number of hydrogen-bond donors (Lipinski definition) is 3. The molecule has 41 heavy (non-hydrogen) atoms. The van der Waals surface area contributed by atoms with E-state index in [1.165, 1.54) is 10.8 Å². The van der Waals surface area contributed by atoms with Crippen LogP contribution in [0.5, 0.6) is 0 Å². The minimum absolute atomic E-state index is 0.200. The number of rotatable bonds is 8. The molecule has 0 bridgehead atoms. The second kappa shape index (κ2) is 11.0. The van der Waals surface area contributed by atoms with Gasteiger partial charge in [-0.1, -0.05) is 66.7 Å². The van der Waals surface area contributed by atoms with E-state index in [1.807, 2.05) is 73.8 Å². The molecule has 0 aliphatic rings. The number of carboxylic acid groups (broad SMARTS) is 1. The smallest absolute Gasteiger partial charge is 0.335 e. The van der Waals surface area contributed by atoms with Crippen LogP contribution >= 0.6 is 0 Å². The number of anilines is 2. The Morgan fingerprint density at radius 1 is 0.805 bits per heavy atom. The van der Waals surface area contributed by atoms with E-state index in [2.05, 4.69) is 45.5 Å². The summed E-state index contributed by atoms with van der Waals surface area (Å²) in [6.07, 6.45) is 2.03. The van der Waals surface area contributed by atoms with Crippen LogP contribution in [0.15, 0.2) is 121 Å². The summed E-state index contributed by atoms with van der Waals surface area (Å²) in [6.45, 7) is 2.50. The fourth-order valence-corrected chi connectivity index (χ4v) is 5.23. The first-order valence-corrected chi connectivity index (χ1v) is 13.5. The number of carbonyl (C=O) groups excluding carboxylic acids is 1. The molecule has 1 atom stereocenters. The van der Waals surface area contributed by atoms with Crippen LogP contribution in [0.4, 0.5) is 11.4 Å². The maximum absolute atomic E-state index is 13.7. The number of aromatic carboxylic acids is 1. The molecule has 0 fully saturated rings. The fourth-order valence-electron chi connectivity index (χ4n) is 5.23. The molecule has 1 aromatic heterocycles. The summed E-state index contributed by atoms with van der Waals surface area (Å²) in [4.78, 5) is 25.0. The van der Waals surface area contributed by atoms with Crippen LogP contribution in [0, 0.1) is 0 Å². The van der Waals surface area contributed by atoms with Gasteiger partial charge in [0.1, 0.15) is 0 Å². The predicted octanol–water partition coefficient (Wildman–Crippen LogP) is 7.78. The lowest BCUT2D eigenvalue weighted by Crippen LogP contribution is -2.27. The van der Waals surface area contributed by atoms with Crippen molar-refractivity contribution >= 4 is 44.9 Å². The summed E-state index contributed by atoms with van der Waals surface area (Å²) >= 11 is 0. The van der Waals surface area contributed by atoms with Gasteiger partial charge in [0.15, 0.2) is 0 Å². The van der Waals surface area contributed by atoms with Crippen LogP contribution in [0.1, 0.15) is 44.8 Å². The lowest BCUT2D eigenvalue weighted by atomic mass is 10.0. The Balaban J connectivity index is 1.36. The van der Waals surface area contributed by atoms with Gasteiger partial charge < -0.3 is 20.3 Å². The largest absolute Gasteiger partial charge is 0.478 e. The highest BCUT2D eigenvalue weighted by atomic mass is 16.4. The molecular weight excluding hydrogens is 510 g/mol. The van der Waals surface area contributed by atoms with E-state index in [9.17, 15) is 14.7 Å². The Bertz CT molecular complexity index is 1870. The Morgan fingerprint density at radius 2 is 1.54 bits per heavy atom. The van der Waals surface area contributed by atoms with Crippen LogP contribution in [0.2, 0.25) is 0 Å². The molecule has 6 aromatic rings. The van der Waals surface area contributed by atoms with Gasteiger partial charge in [0.25, 0.3) is 5.91 Å². The van der Waals surface area contributed by atoms with Crippen LogP contribution in [-0.4, -0.2) is 21.6 Å². The molecule has 5 aromatic carbocycles. The Morgan fingerprint density at radius 3 is 2.29 bits per heavy atom. The zero-order valence-corrected chi connectivity index (χ0v) is 22.5. The number of hydrogen-bond acceptors (Lipinski definition) is 3. The third kappa shape index (κ3) is 5.40. The van der Waals surface area contributed by atoms with Crippen molar-refractivity contribution < 1.29 is 14.7 Å². The number of para-hydroxylation sites is 1. The molecule has 3 N–H and O–H groups in total. The van der Waals surface area contributed by atoms with E-state index >= 15 is 0 Å². The molecule has 6 nitrogen and oxygen atoms in total. The normalized spacial score (nSPS) is 11.8. The summed E-state index contributed by atoms with van der Waals surface area (Å²) < 4.78 is 2.12. The highest BCUT2D eigenvalue weighted by Gasteiger charge is 2.19. The second-order valence-corrected chi connectivity index (χ2v) is 10.2. The lowest BCUT2D eigenvalue weighted by Gasteiger charge is -2.17. The van der Waals surface area contributed by atoms with Gasteiger partial charge >= 0.3 is 5.97 Å². The topological polar surface area (TPSA) is 83.4 Å². The third-order valence-corrected chi connectivity index (χ3v) is 7.39. The number of amides is 1. The maximum Gasteiger partial charge on any atom is 0.335 e. The summed E-state index contributed by atoms with van der Waals surface area (Å²) in [5, 5.41) is 19.1. The van der Waals surface area contributed by atoms with E-state index in [1.54, 1.807) is 24.3 Å². The van der Waals surface area contributed by atoms with Gasteiger partial charge in [-0.2, -0.15) is 0 Å². The van der Waals surface area contributed by atoms with Crippen molar-refractivity contribution in [2.75, 3.05) is 5.32 Å². The first-order chi connectivity index (χ1) is 20.0. The fraction of sp³-hybridized carbons (Fsp3) is 0.0857. The van der Waals surface area contributed by atoms with Gasteiger partial charge in [-0.05, 0) is 77.4 Å².